The lowest BCUT2D eigenvalue weighted by Crippen LogP contribution is -2.45. The van der Waals surface area contributed by atoms with Gasteiger partial charge in [0, 0.05) is 12.7 Å². The summed E-state index contributed by atoms with van der Waals surface area (Å²) in [5.74, 6) is -0.0424. The van der Waals surface area contributed by atoms with Crippen molar-refractivity contribution in [1.29, 1.82) is 5.26 Å². The number of fused-ring (bicyclic) bond motifs is 1. The van der Waals surface area contributed by atoms with Crippen molar-refractivity contribution >= 4 is 11.6 Å². The summed E-state index contributed by atoms with van der Waals surface area (Å²) in [6, 6.07) is 8.47. The van der Waals surface area contributed by atoms with Gasteiger partial charge in [-0.1, -0.05) is 6.07 Å². The molecule has 0 spiro atoms. The Kier molecular flexibility index (Phi) is 2.82. The SMILES string of the molecule is CN(C(=O)C1(C#N)CCC1)c1ccc2c(c1)CCC2. The molecule has 1 fully saturated rings. The smallest absolute Gasteiger partial charge is 0.247 e. The van der Waals surface area contributed by atoms with Gasteiger partial charge in [-0.15, -0.1) is 0 Å². The second kappa shape index (κ2) is 4.38. The molecule has 0 aromatic heterocycles. The number of hydrogen-bond donors (Lipinski definition) is 0. The van der Waals surface area contributed by atoms with Crippen LogP contribution >= 0.6 is 0 Å². The molecule has 1 saturated carbocycles. The summed E-state index contributed by atoms with van der Waals surface area (Å²) in [4.78, 5) is 14.2. The molecule has 3 nitrogen and oxygen atoms in total. The van der Waals surface area contributed by atoms with Crippen LogP contribution in [-0.4, -0.2) is 13.0 Å². The zero-order valence-corrected chi connectivity index (χ0v) is 11.3. The highest BCUT2D eigenvalue weighted by Crippen LogP contribution is 2.42. The molecule has 3 heteroatoms. The van der Waals surface area contributed by atoms with Gasteiger partial charge in [0.05, 0.1) is 6.07 Å². The second-order valence-electron chi connectivity index (χ2n) is 5.72. The van der Waals surface area contributed by atoms with Gasteiger partial charge in [-0.25, -0.2) is 0 Å². The number of anilines is 1. The number of nitriles is 1. The summed E-state index contributed by atoms with van der Waals surface area (Å²) >= 11 is 0. The lowest BCUT2D eigenvalue weighted by molar-refractivity contribution is -0.128. The van der Waals surface area contributed by atoms with Crippen LogP contribution in [0.2, 0.25) is 0 Å². The maximum Gasteiger partial charge on any atom is 0.247 e. The predicted octanol–water partition coefficient (Wildman–Crippen LogP) is 2.83. The summed E-state index contributed by atoms with van der Waals surface area (Å²) in [5, 5.41) is 9.26. The van der Waals surface area contributed by atoms with Crippen LogP contribution in [0.1, 0.15) is 36.8 Å². The molecule has 0 bridgehead atoms. The van der Waals surface area contributed by atoms with Gasteiger partial charge in [-0.3, -0.25) is 4.79 Å². The molecular weight excluding hydrogens is 236 g/mol. The highest BCUT2D eigenvalue weighted by Gasteiger charge is 2.46. The molecule has 1 amide bonds. The molecule has 1 aromatic carbocycles. The van der Waals surface area contributed by atoms with E-state index in [1.54, 1.807) is 11.9 Å². The molecule has 0 unspecified atom stereocenters. The van der Waals surface area contributed by atoms with Crippen LogP contribution < -0.4 is 4.90 Å². The molecule has 1 aromatic rings. The molecule has 98 valence electrons. The monoisotopic (exact) mass is 254 g/mol. The highest BCUT2D eigenvalue weighted by atomic mass is 16.2. The molecule has 3 rings (SSSR count). The molecule has 2 aliphatic carbocycles. The Hall–Kier alpha value is -1.82. The van der Waals surface area contributed by atoms with Gasteiger partial charge in [-0.2, -0.15) is 5.26 Å². The molecular formula is C16H18N2O. The van der Waals surface area contributed by atoms with E-state index in [-0.39, 0.29) is 5.91 Å². The number of amides is 1. The Morgan fingerprint density at radius 1 is 1.26 bits per heavy atom. The third kappa shape index (κ3) is 1.83. The highest BCUT2D eigenvalue weighted by molar-refractivity contribution is 5.99. The molecule has 0 heterocycles. The van der Waals surface area contributed by atoms with E-state index in [1.165, 1.54) is 17.5 Å². The van der Waals surface area contributed by atoms with Gasteiger partial charge in [0.2, 0.25) is 5.91 Å². The molecule has 0 N–H and O–H groups in total. The van der Waals surface area contributed by atoms with Crippen molar-refractivity contribution in [2.45, 2.75) is 38.5 Å². The van der Waals surface area contributed by atoms with Crippen molar-refractivity contribution < 1.29 is 4.79 Å². The molecule has 2 aliphatic rings. The fourth-order valence-electron chi connectivity index (χ4n) is 3.11. The van der Waals surface area contributed by atoms with E-state index in [1.807, 2.05) is 6.07 Å². The number of carbonyl (C=O) groups excluding carboxylic acids is 1. The first-order valence-electron chi connectivity index (χ1n) is 6.97. The maximum atomic E-state index is 12.5. The summed E-state index contributed by atoms with van der Waals surface area (Å²) in [6.07, 6.45) is 5.86. The van der Waals surface area contributed by atoms with E-state index < -0.39 is 5.41 Å². The van der Waals surface area contributed by atoms with Crippen LogP contribution in [0.4, 0.5) is 5.69 Å². The normalized spacial score (nSPS) is 19.2. The fourth-order valence-corrected chi connectivity index (χ4v) is 3.11. The Labute approximate surface area is 113 Å². The number of carbonyl (C=O) groups is 1. The minimum atomic E-state index is -0.756. The number of rotatable bonds is 2. The Morgan fingerprint density at radius 3 is 2.63 bits per heavy atom. The minimum Gasteiger partial charge on any atom is -0.314 e. The molecule has 19 heavy (non-hydrogen) atoms. The average Bonchev–Trinajstić information content (AvgIpc) is 2.84. The van der Waals surface area contributed by atoms with Crippen LogP contribution in [-0.2, 0) is 17.6 Å². The first-order chi connectivity index (χ1) is 9.16. The number of aryl methyl sites for hydroxylation is 2. The van der Waals surface area contributed by atoms with E-state index >= 15 is 0 Å². The maximum absolute atomic E-state index is 12.5. The largest absolute Gasteiger partial charge is 0.314 e. The first-order valence-corrected chi connectivity index (χ1v) is 6.97. The van der Waals surface area contributed by atoms with Crippen molar-refractivity contribution in [2.24, 2.45) is 5.41 Å². The molecule has 0 saturated heterocycles. The van der Waals surface area contributed by atoms with E-state index in [4.69, 9.17) is 0 Å². The van der Waals surface area contributed by atoms with Crippen molar-refractivity contribution in [2.75, 3.05) is 11.9 Å². The van der Waals surface area contributed by atoms with E-state index in [0.717, 1.165) is 24.9 Å². The molecule has 0 radical (unpaired) electrons. The topological polar surface area (TPSA) is 44.1 Å². The van der Waals surface area contributed by atoms with Crippen LogP contribution in [0.3, 0.4) is 0 Å². The Balaban J connectivity index is 1.86. The molecule has 0 aliphatic heterocycles. The fraction of sp³-hybridized carbons (Fsp3) is 0.500. The van der Waals surface area contributed by atoms with E-state index in [9.17, 15) is 10.1 Å². The van der Waals surface area contributed by atoms with E-state index in [0.29, 0.717) is 12.8 Å². The van der Waals surface area contributed by atoms with Crippen LogP contribution in [0.5, 0.6) is 0 Å². The van der Waals surface area contributed by atoms with Gasteiger partial charge >= 0.3 is 0 Å². The lowest BCUT2D eigenvalue weighted by atomic mass is 9.69. The summed E-state index contributed by atoms with van der Waals surface area (Å²) < 4.78 is 0. The quantitative estimate of drug-likeness (QED) is 0.814. The van der Waals surface area contributed by atoms with Crippen molar-refractivity contribution in [3.05, 3.63) is 29.3 Å². The van der Waals surface area contributed by atoms with Gasteiger partial charge < -0.3 is 4.90 Å². The first kappa shape index (κ1) is 12.2. The van der Waals surface area contributed by atoms with Crippen molar-refractivity contribution in [3.8, 4) is 6.07 Å². The molecule has 0 atom stereocenters. The van der Waals surface area contributed by atoms with Gasteiger partial charge in [0.15, 0.2) is 0 Å². The standard InChI is InChI=1S/C16H18N2O/c1-18(15(19)16(11-17)8-3-9-16)14-7-6-12-4-2-5-13(12)10-14/h6-7,10H,2-5,8-9H2,1H3. The van der Waals surface area contributed by atoms with Gasteiger partial charge in [-0.05, 0) is 61.8 Å². The minimum absolute atomic E-state index is 0.0424. The van der Waals surface area contributed by atoms with Crippen LogP contribution in [0.25, 0.3) is 0 Å². The summed E-state index contributed by atoms with van der Waals surface area (Å²) in [5.41, 5.74) is 2.93. The zero-order valence-electron chi connectivity index (χ0n) is 11.3. The Morgan fingerprint density at radius 2 is 2.00 bits per heavy atom. The summed E-state index contributed by atoms with van der Waals surface area (Å²) in [7, 11) is 1.79. The number of benzene rings is 1. The lowest BCUT2D eigenvalue weighted by Gasteiger charge is -2.36. The van der Waals surface area contributed by atoms with Gasteiger partial charge in [0.25, 0.3) is 0 Å². The van der Waals surface area contributed by atoms with Gasteiger partial charge in [0.1, 0.15) is 5.41 Å². The average molecular weight is 254 g/mol. The van der Waals surface area contributed by atoms with Crippen molar-refractivity contribution in [1.82, 2.24) is 0 Å². The van der Waals surface area contributed by atoms with Crippen LogP contribution in [0, 0.1) is 16.7 Å². The third-order valence-corrected chi connectivity index (χ3v) is 4.60. The third-order valence-electron chi connectivity index (χ3n) is 4.60. The summed E-state index contributed by atoms with van der Waals surface area (Å²) in [6.45, 7) is 0. The van der Waals surface area contributed by atoms with Crippen molar-refractivity contribution in [3.63, 3.8) is 0 Å². The number of nitrogens with zero attached hydrogens (tertiary/aromatic N) is 2. The second-order valence-corrected chi connectivity index (χ2v) is 5.72. The zero-order chi connectivity index (χ0) is 13.5. The van der Waals surface area contributed by atoms with E-state index in [2.05, 4.69) is 18.2 Å². The van der Waals surface area contributed by atoms with Crippen LogP contribution in [0.15, 0.2) is 18.2 Å². The number of hydrogen-bond acceptors (Lipinski definition) is 2. The predicted molar refractivity (Wildman–Crippen MR) is 73.8 cm³/mol. The Bertz CT molecular complexity index is 567.